The molecule has 1 N–H and O–H groups in total. The summed E-state index contributed by atoms with van der Waals surface area (Å²) in [5.74, 6) is 0. The second kappa shape index (κ2) is 16.7. The van der Waals surface area contributed by atoms with Gasteiger partial charge < -0.3 is 26.2 Å². The van der Waals surface area contributed by atoms with Crippen LogP contribution in [0, 0.1) is 5.21 Å². The molecular formula is C14H27N4O3Tc. The Bertz CT molecular complexity index is 297. The van der Waals surface area contributed by atoms with Crippen LogP contribution in [-0.2, 0) is 22.4 Å². The summed E-state index contributed by atoms with van der Waals surface area (Å²) >= 11 is 0.900. The van der Waals surface area contributed by atoms with Gasteiger partial charge in [-0.25, -0.2) is 0 Å². The summed E-state index contributed by atoms with van der Waals surface area (Å²) in [7, 11) is 0. The van der Waals surface area contributed by atoms with Crippen molar-refractivity contribution in [3.63, 3.8) is 0 Å². The first-order valence-corrected chi connectivity index (χ1v) is 8.20. The summed E-state index contributed by atoms with van der Waals surface area (Å²) in [5.41, 5.74) is 1.21. The Morgan fingerprint density at radius 2 is 1.45 bits per heavy atom. The SMILES string of the molecule is CCC([N-]CCCC[N-]C(CC)/C(C)=N/O)/C(C)=N/[O-].[O]=[Tc+3]. The summed E-state index contributed by atoms with van der Waals surface area (Å²) in [5, 5.41) is 34.3. The number of hydrogen-bond acceptors (Lipinski definition) is 5. The van der Waals surface area contributed by atoms with E-state index in [2.05, 4.69) is 20.9 Å². The van der Waals surface area contributed by atoms with Crippen molar-refractivity contribution < 1.29 is 27.6 Å². The molecule has 7 nitrogen and oxygen atoms in total. The molecule has 0 aliphatic carbocycles. The molecule has 0 radical (unpaired) electrons. The van der Waals surface area contributed by atoms with E-state index in [0.717, 1.165) is 57.6 Å². The first-order valence-electron chi connectivity index (χ1n) is 7.44. The van der Waals surface area contributed by atoms with Gasteiger partial charge in [-0.15, -0.1) is 18.2 Å². The quantitative estimate of drug-likeness (QED) is 0.248. The summed E-state index contributed by atoms with van der Waals surface area (Å²) in [6.07, 6.45) is 3.55. The standard InChI is InChI=1S/C14H28N4O2.O.Tc/c1-5-13(11(3)17-19)15-9-7-8-10-16-14(6-2)12(4)18-20;;/h13-14,19-20H,5-10H2,1-4H3;;/q-2;;+3/p-1/b17-11+,18-12+;;. The van der Waals surface area contributed by atoms with Gasteiger partial charge in [0.15, 0.2) is 0 Å². The zero-order chi connectivity index (χ0) is 17.4. The molecule has 128 valence electrons. The van der Waals surface area contributed by atoms with Crippen LogP contribution in [0.25, 0.3) is 10.6 Å². The average Bonchev–Trinajstić information content (AvgIpc) is 2.58. The molecule has 22 heavy (non-hydrogen) atoms. The number of unbranched alkanes of at least 4 members (excludes halogenated alkanes) is 1. The molecule has 0 saturated carbocycles. The molecule has 0 fully saturated rings. The van der Waals surface area contributed by atoms with Crippen LogP contribution in [0.3, 0.4) is 0 Å². The van der Waals surface area contributed by atoms with E-state index in [-0.39, 0.29) is 12.1 Å². The molecule has 0 bridgehead atoms. The van der Waals surface area contributed by atoms with E-state index < -0.39 is 0 Å². The van der Waals surface area contributed by atoms with Crippen LogP contribution in [-0.4, -0.2) is 41.8 Å². The minimum atomic E-state index is -0.0448. The van der Waals surface area contributed by atoms with E-state index in [9.17, 15) is 5.21 Å². The number of nitrogens with zero attached hydrogens (tertiary/aromatic N) is 4. The Morgan fingerprint density at radius 1 is 1.05 bits per heavy atom. The normalized spacial score (nSPS) is 14.9. The Kier molecular flexibility index (Phi) is 17.9. The van der Waals surface area contributed by atoms with Crippen LogP contribution in [0.15, 0.2) is 10.3 Å². The Hall–Kier alpha value is -0.691. The third kappa shape index (κ3) is 11.0. The predicted molar refractivity (Wildman–Crippen MR) is 85.9 cm³/mol. The Labute approximate surface area is 144 Å². The molecule has 0 aliphatic heterocycles. The molecule has 0 rings (SSSR count). The van der Waals surface area contributed by atoms with Gasteiger partial charge in [-0.3, -0.25) is 0 Å². The number of rotatable bonds is 11. The average molecular weight is 397 g/mol. The molecule has 0 aliphatic rings. The van der Waals surface area contributed by atoms with Gasteiger partial charge in [0.2, 0.25) is 0 Å². The molecule has 8 heteroatoms. The molecule has 0 aromatic rings. The van der Waals surface area contributed by atoms with Gasteiger partial charge in [0, 0.05) is 5.71 Å². The first kappa shape index (κ1) is 23.6. The van der Waals surface area contributed by atoms with E-state index in [1.165, 1.54) is 0 Å². The molecule has 0 saturated heterocycles. The summed E-state index contributed by atoms with van der Waals surface area (Å²) in [6.45, 7) is 9.00. The van der Waals surface area contributed by atoms with Crippen LogP contribution in [0.2, 0.25) is 0 Å². The van der Waals surface area contributed by atoms with Gasteiger partial charge in [0.25, 0.3) is 0 Å². The molecule has 0 heterocycles. The van der Waals surface area contributed by atoms with Crippen LogP contribution in [0.1, 0.15) is 53.4 Å². The van der Waals surface area contributed by atoms with Crippen molar-refractivity contribution in [1.82, 2.24) is 0 Å². The second-order valence-corrected chi connectivity index (χ2v) is 4.84. The molecule has 2 unspecified atom stereocenters. The molecule has 0 amide bonds. The Balaban J connectivity index is 0. The van der Waals surface area contributed by atoms with E-state index >= 15 is 0 Å². The van der Waals surface area contributed by atoms with Gasteiger partial charge >= 0.3 is 22.4 Å². The molecule has 2 atom stereocenters. The van der Waals surface area contributed by atoms with Crippen molar-refractivity contribution >= 4 is 11.4 Å². The summed E-state index contributed by atoms with van der Waals surface area (Å²) < 4.78 is 8.22. The maximum absolute atomic E-state index is 10.4. The fourth-order valence-corrected chi connectivity index (χ4v) is 1.96. The molecule has 0 spiro atoms. The first-order chi connectivity index (χ1) is 10.6. The van der Waals surface area contributed by atoms with E-state index in [4.69, 9.17) is 8.71 Å². The van der Waals surface area contributed by atoms with Crippen LogP contribution < -0.4 is 0 Å². The fourth-order valence-electron chi connectivity index (χ4n) is 1.96. The van der Waals surface area contributed by atoms with Crippen molar-refractivity contribution in [2.24, 2.45) is 10.3 Å². The van der Waals surface area contributed by atoms with Crippen molar-refractivity contribution in [2.75, 3.05) is 13.1 Å². The van der Waals surface area contributed by atoms with Gasteiger partial charge in [-0.1, -0.05) is 51.6 Å². The number of hydrogen-bond donors (Lipinski definition) is 1. The number of oxime groups is 1. The van der Waals surface area contributed by atoms with Crippen LogP contribution >= 0.6 is 0 Å². The second-order valence-electron chi connectivity index (χ2n) is 4.84. The van der Waals surface area contributed by atoms with Crippen molar-refractivity contribution in [3.05, 3.63) is 15.8 Å². The zero-order valence-corrected chi connectivity index (χ0v) is 15.7. The van der Waals surface area contributed by atoms with E-state index in [1.807, 2.05) is 13.8 Å². The third-order valence-corrected chi connectivity index (χ3v) is 3.30. The van der Waals surface area contributed by atoms with Crippen LogP contribution in [0.5, 0.6) is 0 Å². The summed E-state index contributed by atoms with van der Waals surface area (Å²) in [4.78, 5) is 0. The van der Waals surface area contributed by atoms with Gasteiger partial charge in [0.1, 0.15) is 0 Å². The summed E-state index contributed by atoms with van der Waals surface area (Å²) in [6, 6.07) is -0.0354. The maximum atomic E-state index is 10.4. The van der Waals surface area contributed by atoms with Crippen molar-refractivity contribution in [1.29, 1.82) is 0 Å². The van der Waals surface area contributed by atoms with Gasteiger partial charge in [0.05, 0.1) is 0 Å². The van der Waals surface area contributed by atoms with E-state index in [1.54, 1.807) is 13.8 Å². The molecular weight excluding hydrogens is 370 g/mol. The predicted octanol–water partition coefficient (Wildman–Crippen LogP) is 3.76. The fraction of sp³-hybridized carbons (Fsp3) is 0.857. The monoisotopic (exact) mass is 396 g/mol. The van der Waals surface area contributed by atoms with Gasteiger partial charge in [-0.05, 0) is 19.6 Å². The van der Waals surface area contributed by atoms with Crippen molar-refractivity contribution in [3.8, 4) is 0 Å². The Morgan fingerprint density at radius 3 is 1.77 bits per heavy atom. The molecule has 0 aromatic carbocycles. The topological polar surface area (TPSA) is 113 Å². The minimum absolute atomic E-state index is 0.00942. The van der Waals surface area contributed by atoms with E-state index in [0.29, 0.717) is 11.4 Å². The third-order valence-electron chi connectivity index (χ3n) is 3.30. The zero-order valence-electron chi connectivity index (χ0n) is 13.8. The molecule has 0 aromatic heterocycles. The van der Waals surface area contributed by atoms with Crippen molar-refractivity contribution in [2.45, 2.75) is 65.5 Å². The van der Waals surface area contributed by atoms with Gasteiger partial charge in [-0.2, -0.15) is 0 Å². The van der Waals surface area contributed by atoms with Crippen LogP contribution in [0.4, 0.5) is 0 Å².